The molecule has 1 fully saturated rings. The first kappa shape index (κ1) is 31.6. The lowest BCUT2D eigenvalue weighted by molar-refractivity contribution is -0.246. The van der Waals surface area contributed by atoms with Gasteiger partial charge in [0.2, 0.25) is 11.7 Å². The quantitative estimate of drug-likeness (QED) is 0.188. The van der Waals surface area contributed by atoms with Crippen molar-refractivity contribution in [1.29, 1.82) is 0 Å². The van der Waals surface area contributed by atoms with E-state index in [2.05, 4.69) is 5.32 Å². The fourth-order valence-corrected chi connectivity index (χ4v) is 4.28. The predicted molar refractivity (Wildman–Crippen MR) is 142 cm³/mol. The van der Waals surface area contributed by atoms with E-state index in [1.807, 2.05) is 6.07 Å². The molecule has 13 heteroatoms. The van der Waals surface area contributed by atoms with E-state index in [-0.39, 0.29) is 11.3 Å². The van der Waals surface area contributed by atoms with Gasteiger partial charge in [-0.05, 0) is 17.7 Å². The molecule has 1 aromatic rings. The number of hydrogen-bond acceptors (Lipinski definition) is 12. The Morgan fingerprint density at radius 3 is 1.98 bits per heavy atom. The van der Waals surface area contributed by atoms with Crippen molar-refractivity contribution >= 4 is 47.4 Å². The molecular weight excluding hydrogens is 554 g/mol. The van der Waals surface area contributed by atoms with Gasteiger partial charge in [-0.2, -0.15) is 0 Å². The monoisotopic (exact) mass is 583 g/mol. The van der Waals surface area contributed by atoms with Crippen molar-refractivity contribution in [3.63, 3.8) is 0 Å². The van der Waals surface area contributed by atoms with Crippen LogP contribution in [0.1, 0.15) is 33.3 Å². The number of carbonyl (C=O) groups excluding carboxylic acids is 7. The summed E-state index contributed by atoms with van der Waals surface area (Å²) in [7, 11) is 0. The summed E-state index contributed by atoms with van der Waals surface area (Å²) in [6.07, 6.45) is -2.89. The molecule has 5 atom stereocenters. The highest BCUT2D eigenvalue weighted by atomic mass is 16.7. The van der Waals surface area contributed by atoms with E-state index in [0.29, 0.717) is 0 Å². The number of benzene rings is 1. The Morgan fingerprint density at radius 2 is 1.38 bits per heavy atom. The maximum Gasteiger partial charge on any atom is 0.303 e. The van der Waals surface area contributed by atoms with Crippen LogP contribution in [0.25, 0.3) is 6.08 Å². The smallest absolute Gasteiger partial charge is 0.303 e. The van der Waals surface area contributed by atoms with E-state index >= 15 is 0 Å². The van der Waals surface area contributed by atoms with Crippen molar-refractivity contribution in [2.75, 3.05) is 6.61 Å². The van der Waals surface area contributed by atoms with Gasteiger partial charge in [0.1, 0.15) is 18.8 Å². The van der Waals surface area contributed by atoms with Gasteiger partial charge in [0.15, 0.2) is 24.1 Å². The number of esters is 4. The largest absolute Gasteiger partial charge is 0.463 e. The summed E-state index contributed by atoms with van der Waals surface area (Å²) in [5.74, 6) is -5.49. The van der Waals surface area contributed by atoms with Gasteiger partial charge in [-0.1, -0.05) is 30.3 Å². The number of hydrogen-bond donors (Lipinski definition) is 1. The summed E-state index contributed by atoms with van der Waals surface area (Å²) in [4.78, 5) is 86.1. The number of nitrogens with one attached hydrogen (secondary N) is 1. The predicted octanol–water partition coefficient (Wildman–Crippen LogP) is 0.904. The van der Waals surface area contributed by atoms with E-state index in [1.165, 1.54) is 12.2 Å². The standard InChI is InChI=1S/C29H29NO12/c1-15(31)38-14-24-27(39-16(2)32)29(41-18(4)34)28(40-17(3)33)26(42-24)20-12-23(36)21(13-22(20)35)30-25(37)11-10-19-8-6-5-7-9-19/h5-13,24,26-29H,14H2,1-4H3,(H,30,37)/b11-10+/t24-,26+,27-,28+,29+/m1/s1. The number of carbonyl (C=O) groups is 7. The molecule has 1 amide bonds. The third-order valence-corrected chi connectivity index (χ3v) is 5.89. The Bertz CT molecular complexity index is 1360. The molecule has 0 bridgehead atoms. The molecule has 1 N–H and O–H groups in total. The average molecular weight is 584 g/mol. The molecule has 1 saturated heterocycles. The summed E-state index contributed by atoms with van der Waals surface area (Å²) in [5, 5.41) is 2.35. The average Bonchev–Trinajstić information content (AvgIpc) is 2.90. The summed E-state index contributed by atoms with van der Waals surface area (Å²) in [5.41, 5.74) is 0.103. The van der Waals surface area contributed by atoms with E-state index < -0.39 is 78.5 Å². The van der Waals surface area contributed by atoms with Crippen LogP contribution >= 0.6 is 0 Å². The van der Waals surface area contributed by atoms with Crippen molar-refractivity contribution in [2.24, 2.45) is 0 Å². The summed E-state index contributed by atoms with van der Waals surface area (Å²) in [6.45, 7) is 3.79. The molecule has 0 radical (unpaired) electrons. The van der Waals surface area contributed by atoms with Crippen molar-refractivity contribution in [1.82, 2.24) is 5.32 Å². The lowest BCUT2D eigenvalue weighted by Gasteiger charge is -2.45. The Labute approximate surface area is 240 Å². The Kier molecular flexibility index (Phi) is 10.6. The Hall–Kier alpha value is -4.91. The molecule has 0 unspecified atom stereocenters. The lowest BCUT2D eigenvalue weighted by Crippen LogP contribution is -2.63. The lowest BCUT2D eigenvalue weighted by atomic mass is 9.86. The van der Waals surface area contributed by atoms with Gasteiger partial charge in [-0.3, -0.25) is 33.6 Å². The van der Waals surface area contributed by atoms with Gasteiger partial charge >= 0.3 is 23.9 Å². The third kappa shape index (κ3) is 8.54. The van der Waals surface area contributed by atoms with Crippen LogP contribution in [0.3, 0.4) is 0 Å². The van der Waals surface area contributed by atoms with E-state index in [0.717, 1.165) is 45.4 Å². The highest BCUT2D eigenvalue weighted by Crippen LogP contribution is 2.34. The summed E-state index contributed by atoms with van der Waals surface area (Å²) < 4.78 is 27.0. The third-order valence-electron chi connectivity index (χ3n) is 5.89. The van der Waals surface area contributed by atoms with E-state index in [4.69, 9.17) is 23.7 Å². The van der Waals surface area contributed by atoms with Crippen LogP contribution < -0.4 is 5.32 Å². The second-order valence-corrected chi connectivity index (χ2v) is 9.24. The van der Waals surface area contributed by atoms with Crippen molar-refractivity contribution in [3.8, 4) is 0 Å². The molecule has 0 aromatic heterocycles. The number of allylic oxidation sites excluding steroid dienone is 2. The minimum absolute atomic E-state index is 0.310. The van der Waals surface area contributed by atoms with Gasteiger partial charge in [0.05, 0.1) is 5.70 Å². The number of ketones is 2. The van der Waals surface area contributed by atoms with Crippen molar-refractivity contribution in [3.05, 3.63) is 65.4 Å². The molecule has 0 spiro atoms. The maximum atomic E-state index is 13.2. The highest BCUT2D eigenvalue weighted by Gasteiger charge is 2.54. The van der Waals surface area contributed by atoms with Crippen molar-refractivity contribution < 1.29 is 57.2 Å². The molecule has 42 heavy (non-hydrogen) atoms. The minimum atomic E-state index is -1.56. The Balaban J connectivity index is 1.93. The van der Waals surface area contributed by atoms with Gasteiger partial charge in [0.25, 0.3) is 0 Å². The first-order valence-electron chi connectivity index (χ1n) is 12.7. The molecule has 1 aliphatic heterocycles. The van der Waals surface area contributed by atoms with Crippen LogP contribution in [0, 0.1) is 0 Å². The molecule has 1 heterocycles. The van der Waals surface area contributed by atoms with Crippen LogP contribution in [0.15, 0.2) is 59.8 Å². The van der Waals surface area contributed by atoms with E-state index in [1.54, 1.807) is 24.3 Å². The first-order chi connectivity index (χ1) is 19.8. The SMILES string of the molecule is CC(=O)OC[C@H]1O[C@@H](C2=CC(=O)C(NC(=O)/C=C/c3ccccc3)=CC2=O)[C@H](OC(C)=O)[C@@H](OC(C)=O)[C@@H]1OC(C)=O. The molecule has 0 saturated carbocycles. The summed E-state index contributed by atoms with van der Waals surface area (Å²) in [6, 6.07) is 8.90. The topological polar surface area (TPSA) is 178 Å². The molecule has 222 valence electrons. The van der Waals surface area contributed by atoms with Gasteiger partial charge < -0.3 is 29.0 Å². The van der Waals surface area contributed by atoms with Crippen LogP contribution in [0.4, 0.5) is 0 Å². The minimum Gasteiger partial charge on any atom is -0.463 e. The molecular formula is C29H29NO12. The molecule has 1 aromatic carbocycles. The van der Waals surface area contributed by atoms with Gasteiger partial charge in [-0.15, -0.1) is 0 Å². The number of rotatable bonds is 9. The second-order valence-electron chi connectivity index (χ2n) is 9.24. The molecule has 2 aliphatic rings. The molecule has 1 aliphatic carbocycles. The van der Waals surface area contributed by atoms with Crippen LogP contribution in [0.2, 0.25) is 0 Å². The highest BCUT2D eigenvalue weighted by molar-refractivity contribution is 6.21. The second kappa shape index (κ2) is 14.1. The Morgan fingerprint density at radius 1 is 0.786 bits per heavy atom. The fourth-order valence-electron chi connectivity index (χ4n) is 4.28. The van der Waals surface area contributed by atoms with Gasteiger partial charge in [-0.25, -0.2) is 0 Å². The van der Waals surface area contributed by atoms with Crippen molar-refractivity contribution in [2.45, 2.75) is 58.2 Å². The normalized spacial score (nSPS) is 23.8. The zero-order chi connectivity index (χ0) is 31.0. The number of ether oxygens (including phenoxy) is 5. The fraction of sp³-hybridized carbons (Fsp3) is 0.345. The summed E-state index contributed by atoms with van der Waals surface area (Å²) >= 11 is 0. The maximum absolute atomic E-state index is 13.2. The van der Waals surface area contributed by atoms with Crippen LogP contribution in [0.5, 0.6) is 0 Å². The van der Waals surface area contributed by atoms with E-state index in [9.17, 15) is 33.6 Å². The molecule has 3 rings (SSSR count). The molecule has 13 nitrogen and oxygen atoms in total. The van der Waals surface area contributed by atoms with Crippen LogP contribution in [-0.2, 0) is 57.2 Å². The first-order valence-corrected chi connectivity index (χ1v) is 12.7. The zero-order valence-electron chi connectivity index (χ0n) is 23.2. The zero-order valence-corrected chi connectivity index (χ0v) is 23.2. The van der Waals surface area contributed by atoms with Crippen LogP contribution in [-0.4, -0.2) is 78.5 Å². The van der Waals surface area contributed by atoms with Gasteiger partial charge in [0, 0.05) is 45.4 Å². The number of amides is 1.